The molecule has 0 heterocycles. The quantitative estimate of drug-likeness (QED) is 0.0599. The summed E-state index contributed by atoms with van der Waals surface area (Å²) in [5, 5.41) is 2.25. The zero-order valence-electron chi connectivity index (χ0n) is 26.1. The number of rotatable bonds is 16. The fourth-order valence-electron chi connectivity index (χ4n) is 5.37. The van der Waals surface area contributed by atoms with E-state index in [-0.39, 0.29) is 23.3 Å². The maximum absolute atomic E-state index is 13.2. The molecule has 0 N–H and O–H groups in total. The zero-order valence-corrected chi connectivity index (χ0v) is 28.0. The molecule has 0 aromatic heterocycles. The van der Waals surface area contributed by atoms with Crippen molar-refractivity contribution in [2.75, 3.05) is 20.0 Å². The van der Waals surface area contributed by atoms with Crippen LogP contribution in [0.4, 0.5) is 0 Å². The van der Waals surface area contributed by atoms with Gasteiger partial charge in [0.25, 0.3) is 18.4 Å². The Labute approximate surface area is 264 Å². The van der Waals surface area contributed by atoms with Crippen LogP contribution in [0.25, 0.3) is 0 Å². The lowest BCUT2D eigenvalue weighted by atomic mass is 10.2. The van der Waals surface area contributed by atoms with Crippen LogP contribution in [0, 0.1) is 6.92 Å². The third-order valence-corrected chi connectivity index (χ3v) is 14.0. The van der Waals surface area contributed by atoms with E-state index in [1.165, 1.54) is 10.4 Å². The molecule has 234 valence electrons. The maximum Gasteiger partial charge on any atom is 0.297 e. The summed E-state index contributed by atoms with van der Waals surface area (Å²) in [4.78, 5) is 0.122. The summed E-state index contributed by atoms with van der Waals surface area (Å²) in [6, 6.07) is 37.4. The minimum absolute atomic E-state index is 0.0257. The molecule has 4 aromatic rings. The first-order valence-corrected chi connectivity index (χ1v) is 18.4. The number of hydrogen-bond acceptors (Lipinski definition) is 6. The first-order valence-electron chi connectivity index (χ1n) is 15.1. The van der Waals surface area contributed by atoms with E-state index in [2.05, 4.69) is 69.3 Å². The van der Waals surface area contributed by atoms with E-state index in [1.54, 1.807) is 24.3 Å². The molecular formula is C36H44O6SSi. The fraction of sp³-hybridized carbons (Fsp3) is 0.333. The molecule has 1 atom stereocenters. The monoisotopic (exact) mass is 632 g/mol. The summed E-state index contributed by atoms with van der Waals surface area (Å²) >= 11 is 0. The summed E-state index contributed by atoms with van der Waals surface area (Å²) in [5.74, 6) is 0. The van der Waals surface area contributed by atoms with Gasteiger partial charge in [-0.2, -0.15) is 8.42 Å². The molecule has 4 rings (SSSR count). The first kappa shape index (κ1) is 33.8. The molecule has 0 radical (unpaired) electrons. The van der Waals surface area contributed by atoms with E-state index >= 15 is 0 Å². The van der Waals surface area contributed by atoms with Crippen molar-refractivity contribution in [2.45, 2.75) is 63.2 Å². The van der Waals surface area contributed by atoms with Crippen LogP contribution >= 0.6 is 0 Å². The van der Waals surface area contributed by atoms with Crippen molar-refractivity contribution in [1.29, 1.82) is 0 Å². The van der Waals surface area contributed by atoms with Crippen molar-refractivity contribution in [3.63, 3.8) is 0 Å². The highest BCUT2D eigenvalue weighted by atomic mass is 32.2. The van der Waals surface area contributed by atoms with Crippen molar-refractivity contribution >= 4 is 28.8 Å². The van der Waals surface area contributed by atoms with Gasteiger partial charge in [-0.05, 0) is 52.9 Å². The third kappa shape index (κ3) is 8.97. The Hall–Kier alpha value is -3.11. The summed E-state index contributed by atoms with van der Waals surface area (Å²) < 4.78 is 50.5. The van der Waals surface area contributed by atoms with E-state index in [0.717, 1.165) is 11.1 Å². The number of hydrogen-bond donors (Lipinski definition) is 0. The van der Waals surface area contributed by atoms with E-state index in [9.17, 15) is 8.42 Å². The summed E-state index contributed by atoms with van der Waals surface area (Å²) in [5.41, 5.74) is 2.01. The second kappa shape index (κ2) is 15.7. The topological polar surface area (TPSA) is 71.1 Å². The first-order chi connectivity index (χ1) is 21.1. The van der Waals surface area contributed by atoms with Crippen LogP contribution in [-0.2, 0) is 34.8 Å². The SMILES string of the molecule is Cc1ccc(S(=O)(=O)O[C@@H](CCCO[Si](c2ccccc2)(c2ccccc2)C(C)(C)C)COCOCc2ccccc2)cc1. The zero-order chi connectivity index (χ0) is 31.5. The van der Waals surface area contributed by atoms with Gasteiger partial charge >= 0.3 is 0 Å². The van der Waals surface area contributed by atoms with E-state index in [0.29, 0.717) is 26.1 Å². The molecule has 0 aliphatic carbocycles. The summed E-state index contributed by atoms with van der Waals surface area (Å²) in [6.45, 7) is 9.57. The Morgan fingerprint density at radius 2 is 1.27 bits per heavy atom. The van der Waals surface area contributed by atoms with Gasteiger partial charge in [0, 0.05) is 6.61 Å². The van der Waals surface area contributed by atoms with Crippen LogP contribution in [0.2, 0.25) is 5.04 Å². The van der Waals surface area contributed by atoms with E-state index in [4.69, 9.17) is 18.1 Å². The van der Waals surface area contributed by atoms with E-state index < -0.39 is 24.5 Å². The molecule has 44 heavy (non-hydrogen) atoms. The number of ether oxygens (including phenoxy) is 2. The largest absolute Gasteiger partial charge is 0.407 e. The molecule has 0 unspecified atom stereocenters. The lowest BCUT2D eigenvalue weighted by Gasteiger charge is -2.43. The number of aryl methyl sites for hydroxylation is 1. The Kier molecular flexibility index (Phi) is 12.1. The van der Waals surface area contributed by atoms with E-state index in [1.807, 2.05) is 49.4 Å². The molecule has 0 saturated heterocycles. The average molecular weight is 633 g/mol. The van der Waals surface area contributed by atoms with Gasteiger partial charge in [-0.1, -0.05) is 129 Å². The van der Waals surface area contributed by atoms with Crippen molar-refractivity contribution < 1.29 is 26.5 Å². The van der Waals surface area contributed by atoms with Gasteiger partial charge in [-0.3, -0.25) is 4.18 Å². The predicted octanol–water partition coefficient (Wildman–Crippen LogP) is 6.62. The van der Waals surface area contributed by atoms with Crippen molar-refractivity contribution in [3.05, 3.63) is 126 Å². The Morgan fingerprint density at radius 3 is 1.82 bits per heavy atom. The van der Waals surface area contributed by atoms with Gasteiger partial charge < -0.3 is 13.9 Å². The predicted molar refractivity (Wildman–Crippen MR) is 178 cm³/mol. The molecule has 0 fully saturated rings. The highest BCUT2D eigenvalue weighted by Crippen LogP contribution is 2.37. The molecule has 8 heteroatoms. The van der Waals surface area contributed by atoms with Crippen molar-refractivity contribution in [1.82, 2.24) is 0 Å². The lowest BCUT2D eigenvalue weighted by Crippen LogP contribution is -2.66. The molecule has 0 aliphatic rings. The van der Waals surface area contributed by atoms with Crippen LogP contribution in [0.15, 0.2) is 120 Å². The van der Waals surface area contributed by atoms with Gasteiger partial charge in [0.15, 0.2) is 0 Å². The van der Waals surface area contributed by atoms with Crippen molar-refractivity contribution in [3.8, 4) is 0 Å². The average Bonchev–Trinajstić information content (AvgIpc) is 3.01. The number of benzene rings is 4. The maximum atomic E-state index is 13.2. The fourth-order valence-corrected chi connectivity index (χ4v) is 11.1. The minimum Gasteiger partial charge on any atom is -0.407 e. The van der Waals surface area contributed by atoms with Crippen LogP contribution in [-0.4, -0.2) is 42.8 Å². The molecule has 6 nitrogen and oxygen atoms in total. The highest BCUT2D eigenvalue weighted by molar-refractivity contribution is 7.86. The smallest absolute Gasteiger partial charge is 0.297 e. The van der Waals surface area contributed by atoms with Gasteiger partial charge in [0.1, 0.15) is 12.9 Å². The molecule has 4 aromatic carbocycles. The Morgan fingerprint density at radius 1 is 0.727 bits per heavy atom. The van der Waals surface area contributed by atoms with Crippen LogP contribution in [0.3, 0.4) is 0 Å². The molecular weight excluding hydrogens is 589 g/mol. The second-order valence-corrected chi connectivity index (χ2v) is 17.8. The Bertz CT molecular complexity index is 1470. The molecule has 0 bridgehead atoms. The van der Waals surface area contributed by atoms with Gasteiger partial charge in [-0.15, -0.1) is 0 Å². The van der Waals surface area contributed by atoms with Crippen molar-refractivity contribution in [2.24, 2.45) is 0 Å². The van der Waals surface area contributed by atoms with Crippen LogP contribution in [0.5, 0.6) is 0 Å². The van der Waals surface area contributed by atoms with Gasteiger partial charge in [-0.25, -0.2) is 0 Å². The Balaban J connectivity index is 1.46. The highest BCUT2D eigenvalue weighted by Gasteiger charge is 2.50. The summed E-state index contributed by atoms with van der Waals surface area (Å²) in [7, 11) is -6.69. The molecule has 0 spiro atoms. The lowest BCUT2D eigenvalue weighted by molar-refractivity contribution is -0.0816. The normalized spacial score (nSPS) is 13.1. The second-order valence-electron chi connectivity index (χ2n) is 12.0. The molecule has 0 aliphatic heterocycles. The van der Waals surface area contributed by atoms with Crippen LogP contribution < -0.4 is 10.4 Å². The van der Waals surface area contributed by atoms with Gasteiger partial charge in [0.2, 0.25) is 0 Å². The minimum atomic E-state index is -3.99. The molecule has 0 amide bonds. The third-order valence-electron chi connectivity index (χ3n) is 7.56. The molecule has 0 saturated carbocycles. The standard InChI is InChI=1S/C36H44O6SSi/c1-30-22-24-33(25-23-30)43(37,38)42-32(28-40-29-39-27-31-15-8-5-9-16-31)17-14-26-41-44(36(2,3)4,34-18-10-6-11-19-34)35-20-12-7-13-21-35/h5-13,15-16,18-25,32H,14,17,26-29H2,1-4H3/t32-/m0/s1. The van der Waals surface area contributed by atoms with Gasteiger partial charge in [0.05, 0.1) is 18.1 Å². The van der Waals surface area contributed by atoms with Crippen LogP contribution in [0.1, 0.15) is 44.7 Å². The summed E-state index contributed by atoms with van der Waals surface area (Å²) in [6.07, 6.45) is 0.318.